The maximum Gasteiger partial charge on any atom is 0.162 e. The van der Waals surface area contributed by atoms with Crippen molar-refractivity contribution in [3.05, 3.63) is 149 Å². The molecule has 2 fully saturated rings. The van der Waals surface area contributed by atoms with Gasteiger partial charge in [0.2, 0.25) is 0 Å². The summed E-state index contributed by atoms with van der Waals surface area (Å²) >= 11 is 0. The van der Waals surface area contributed by atoms with Gasteiger partial charge in [-0.2, -0.15) is 0 Å². The van der Waals surface area contributed by atoms with Gasteiger partial charge in [-0.3, -0.25) is 14.8 Å². The fourth-order valence-electron chi connectivity index (χ4n) is 10.7. The Balaban J connectivity index is 0.000000164. The Morgan fingerprint density at radius 2 is 1.47 bits per heavy atom. The van der Waals surface area contributed by atoms with Crippen molar-refractivity contribution in [2.75, 3.05) is 0 Å². The van der Waals surface area contributed by atoms with Gasteiger partial charge in [0.05, 0.1) is 22.4 Å². The number of para-hydroxylation sites is 2. The van der Waals surface area contributed by atoms with Gasteiger partial charge in [-0.25, -0.2) is 4.39 Å². The number of allylic oxidation sites excluding steroid dienone is 2. The monoisotopic (exact) mass is 1160 g/mol. The topological polar surface area (TPSA) is 89.1 Å². The summed E-state index contributed by atoms with van der Waals surface area (Å²) in [5.41, 5.74) is 13.0. The van der Waals surface area contributed by atoms with E-state index in [2.05, 4.69) is 135 Å². The number of halogens is 1. The number of furan rings is 1. The summed E-state index contributed by atoms with van der Waals surface area (Å²) in [6, 6.07) is 32.8. The van der Waals surface area contributed by atoms with Crippen LogP contribution in [0, 0.1) is 66.8 Å². The zero-order valence-corrected chi connectivity index (χ0v) is 47.5. The van der Waals surface area contributed by atoms with Gasteiger partial charge >= 0.3 is 0 Å². The second-order valence-electron chi connectivity index (χ2n) is 24.0. The van der Waals surface area contributed by atoms with Crippen LogP contribution < -0.4 is 0 Å². The molecule has 1 N–H and O–H groups in total. The Morgan fingerprint density at radius 3 is 2.12 bits per heavy atom. The van der Waals surface area contributed by atoms with Gasteiger partial charge in [0, 0.05) is 61.5 Å². The molecule has 8 heteroatoms. The molecule has 73 heavy (non-hydrogen) atoms. The molecule has 2 aliphatic rings. The Labute approximate surface area is 447 Å². The molecule has 0 spiro atoms. The molecule has 385 valence electrons. The van der Waals surface area contributed by atoms with E-state index in [1.54, 1.807) is 18.3 Å². The zero-order valence-electron chi connectivity index (χ0n) is 45.2. The van der Waals surface area contributed by atoms with Crippen LogP contribution in [0.25, 0.3) is 66.3 Å². The second kappa shape index (κ2) is 22.5. The third-order valence-electron chi connectivity index (χ3n) is 14.9. The third kappa shape index (κ3) is 13.4. The average molecular weight is 1160 g/mol. The molecular weight excluding hydrogens is 1080 g/mol. The van der Waals surface area contributed by atoms with E-state index in [1.807, 2.05) is 49.5 Å². The minimum Gasteiger partial charge on any atom is -0.512 e. The predicted molar refractivity (Wildman–Crippen MR) is 296 cm³/mol. The Kier molecular flexibility index (Phi) is 17.0. The smallest absolute Gasteiger partial charge is 0.162 e. The Hall–Kier alpha value is -5.56. The fraction of sp³-hybridized carbons (Fsp3) is 0.415. The largest absolute Gasteiger partial charge is 0.512 e. The van der Waals surface area contributed by atoms with E-state index < -0.39 is 0 Å². The van der Waals surface area contributed by atoms with Crippen molar-refractivity contribution >= 4 is 49.5 Å². The molecule has 1 radical (unpaired) electrons. The number of hydrogen-bond acceptors (Lipinski definition) is 6. The van der Waals surface area contributed by atoms with Crippen molar-refractivity contribution in [2.45, 2.75) is 147 Å². The number of carbonyl (C=O) groups excluding carboxylic acids is 1. The first-order valence-electron chi connectivity index (χ1n) is 26.2. The van der Waals surface area contributed by atoms with Crippen LogP contribution in [0.3, 0.4) is 0 Å². The summed E-state index contributed by atoms with van der Waals surface area (Å²) in [5, 5.41) is 14.1. The van der Waals surface area contributed by atoms with Crippen LogP contribution in [0.5, 0.6) is 0 Å². The van der Waals surface area contributed by atoms with Crippen molar-refractivity contribution in [1.82, 2.24) is 15.0 Å². The van der Waals surface area contributed by atoms with E-state index in [-0.39, 0.29) is 49.0 Å². The molecule has 5 aromatic carbocycles. The normalized spacial score (nSPS) is 16.2. The van der Waals surface area contributed by atoms with E-state index in [9.17, 15) is 9.90 Å². The summed E-state index contributed by atoms with van der Waals surface area (Å²) < 4.78 is 21.2. The van der Waals surface area contributed by atoms with Gasteiger partial charge in [-0.05, 0) is 138 Å². The SMILES string of the molecule is CC1(C)CCC(C(=O)/C=C(\O)C2CCC(C)(C)CC2)CC1.Cc1[c-]c(-c2cnc3c(C(C)C)cccc3n2)cc(C)c1.Cc1[c-]c(-c2nccc3cc(CC(C)(C)C)c(F)cc23)c2oc3ccccc3c2c1.[Ir]. The standard InChI is InChI=1S/C27H23FNO.C19H19N2.C19H32O2.Ir/c1-16-11-21-19-7-5-6-8-24(19)30-26(21)22(12-16)25-20-14-23(28)18(15-27(2,3)4)13-17(20)9-10-29-25;1-12(2)16-6-5-7-17-19(16)20-11-18(21-17)15-9-13(3)8-14(4)10-15;1-18(2)9-5-14(6-10-18)16(20)13-17(21)15-7-11-19(3,4)12-8-15;/h5-11,13-14H,15H2,1-4H3;5-9,11-12H,1-4H3;13-15,20H,5-12H2,1-4H3;/q2*-1;;/b;;16-13-;. The van der Waals surface area contributed by atoms with Crippen LogP contribution in [0.1, 0.15) is 147 Å². The fourth-order valence-corrected chi connectivity index (χ4v) is 10.7. The maximum atomic E-state index is 15.0. The van der Waals surface area contributed by atoms with Gasteiger partial charge in [0.1, 0.15) is 11.4 Å². The number of aliphatic hydroxyl groups is 1. The predicted octanol–water partition coefficient (Wildman–Crippen LogP) is 17.9. The number of carbonyl (C=O) groups is 1. The molecule has 0 atom stereocenters. The first kappa shape index (κ1) is 55.2. The van der Waals surface area contributed by atoms with Crippen LogP contribution in [0.2, 0.25) is 0 Å². The van der Waals surface area contributed by atoms with E-state index in [1.165, 1.54) is 11.1 Å². The molecule has 3 heterocycles. The Bertz CT molecular complexity index is 3260. The molecule has 2 saturated carbocycles. The van der Waals surface area contributed by atoms with Crippen LogP contribution in [-0.2, 0) is 31.3 Å². The van der Waals surface area contributed by atoms with Gasteiger partial charge in [-0.15, -0.1) is 52.6 Å². The minimum atomic E-state index is -0.194. The molecule has 0 amide bonds. The molecule has 0 aliphatic heterocycles. The summed E-state index contributed by atoms with van der Waals surface area (Å²) in [5.74, 6) is 1.11. The van der Waals surface area contributed by atoms with Gasteiger partial charge in [0.25, 0.3) is 0 Å². The number of fused-ring (bicyclic) bond motifs is 5. The van der Waals surface area contributed by atoms with Crippen LogP contribution in [0.4, 0.5) is 4.39 Å². The Morgan fingerprint density at radius 1 is 0.808 bits per heavy atom. The van der Waals surface area contributed by atoms with E-state index >= 15 is 4.39 Å². The van der Waals surface area contributed by atoms with Crippen molar-refractivity contribution in [2.24, 2.45) is 28.1 Å². The molecule has 2 aliphatic carbocycles. The molecule has 6 nitrogen and oxygen atoms in total. The third-order valence-corrected chi connectivity index (χ3v) is 14.9. The van der Waals surface area contributed by atoms with Crippen molar-refractivity contribution in [3.63, 3.8) is 0 Å². The molecular formula is C65H74FIrN3O3-2. The average Bonchev–Trinajstić information content (AvgIpc) is 3.69. The molecule has 0 bridgehead atoms. The van der Waals surface area contributed by atoms with Crippen LogP contribution >= 0.6 is 0 Å². The van der Waals surface area contributed by atoms with E-state index in [4.69, 9.17) is 9.40 Å². The number of aromatic nitrogens is 3. The molecule has 10 rings (SSSR count). The van der Waals surface area contributed by atoms with Gasteiger partial charge in [0.15, 0.2) is 5.78 Å². The summed E-state index contributed by atoms with van der Waals surface area (Å²) in [4.78, 5) is 26.4. The van der Waals surface area contributed by atoms with Gasteiger partial charge < -0.3 is 14.5 Å². The number of pyridine rings is 1. The number of nitrogens with zero attached hydrogens (tertiary/aromatic N) is 3. The molecule has 0 unspecified atom stereocenters. The summed E-state index contributed by atoms with van der Waals surface area (Å²) in [6.45, 7) is 26.0. The number of aryl methyl sites for hydroxylation is 3. The van der Waals surface area contributed by atoms with Crippen molar-refractivity contribution in [1.29, 1.82) is 0 Å². The maximum absolute atomic E-state index is 15.0. The number of aliphatic hydroxyl groups excluding tert-OH is 1. The minimum absolute atomic E-state index is 0. The molecule has 8 aromatic rings. The number of benzene rings is 5. The zero-order chi connectivity index (χ0) is 51.7. The van der Waals surface area contributed by atoms with Gasteiger partial charge in [-0.1, -0.05) is 124 Å². The van der Waals surface area contributed by atoms with E-state index in [0.29, 0.717) is 34.6 Å². The van der Waals surface area contributed by atoms with Crippen LogP contribution in [0.15, 0.2) is 108 Å². The first-order chi connectivity index (χ1) is 34.0. The number of ketones is 1. The molecule has 3 aromatic heterocycles. The van der Waals surface area contributed by atoms with Crippen molar-refractivity contribution in [3.8, 4) is 22.5 Å². The molecule has 0 saturated heterocycles. The quantitative estimate of drug-likeness (QED) is 0.0972. The number of hydrogen-bond donors (Lipinski definition) is 1. The summed E-state index contributed by atoms with van der Waals surface area (Å²) in [7, 11) is 0. The summed E-state index contributed by atoms with van der Waals surface area (Å²) in [6.07, 6.45) is 14.4. The van der Waals surface area contributed by atoms with E-state index in [0.717, 1.165) is 129 Å². The van der Waals surface area contributed by atoms with Crippen LogP contribution in [-0.4, -0.2) is 25.8 Å². The second-order valence-corrected chi connectivity index (χ2v) is 24.0. The van der Waals surface area contributed by atoms with Crippen molar-refractivity contribution < 1.29 is 38.8 Å². The first-order valence-corrected chi connectivity index (χ1v) is 26.2. The number of rotatable bonds is 7.